The van der Waals surface area contributed by atoms with Crippen LogP contribution in [0.15, 0.2) is 53.4 Å². The first kappa shape index (κ1) is 24.2. The molecule has 0 fully saturated rings. The highest BCUT2D eigenvalue weighted by atomic mass is 35.5. The van der Waals surface area contributed by atoms with Gasteiger partial charge in [-0.25, -0.2) is 8.42 Å². The lowest BCUT2D eigenvalue weighted by Crippen LogP contribution is -2.44. The van der Waals surface area contributed by atoms with E-state index in [1.165, 1.54) is 29.6 Å². The molecular weight excluding hydrogens is 424 g/mol. The first-order valence-corrected chi connectivity index (χ1v) is 11.8. The first-order valence-electron chi connectivity index (χ1n) is 9.95. The van der Waals surface area contributed by atoms with Crippen molar-refractivity contribution in [2.24, 2.45) is 0 Å². The number of carbonyl (C=O) groups excluding carboxylic acids is 1. The van der Waals surface area contributed by atoms with Crippen molar-refractivity contribution in [3.8, 4) is 5.75 Å². The number of hydrogen-bond acceptors (Lipinski definition) is 4. The number of nitrogens with one attached hydrogen (secondary N) is 1. The lowest BCUT2D eigenvalue weighted by molar-refractivity contribution is -0.121. The number of nitrogens with zero attached hydrogens (tertiary/aromatic N) is 1. The van der Waals surface area contributed by atoms with Gasteiger partial charge in [0.05, 0.1) is 23.6 Å². The third kappa shape index (κ3) is 6.72. The van der Waals surface area contributed by atoms with Gasteiger partial charge in [-0.3, -0.25) is 4.79 Å². The minimum absolute atomic E-state index is 0.0170. The molecule has 0 bridgehead atoms. The third-order valence-corrected chi connectivity index (χ3v) is 6.84. The van der Waals surface area contributed by atoms with E-state index in [9.17, 15) is 13.2 Å². The highest BCUT2D eigenvalue weighted by Gasteiger charge is 2.27. The fourth-order valence-corrected chi connectivity index (χ4v) is 4.87. The van der Waals surface area contributed by atoms with Gasteiger partial charge in [-0.05, 0) is 43.5 Å². The van der Waals surface area contributed by atoms with Gasteiger partial charge in [0, 0.05) is 12.6 Å². The molecule has 0 aliphatic heterocycles. The van der Waals surface area contributed by atoms with Gasteiger partial charge in [0.2, 0.25) is 15.9 Å². The minimum Gasteiger partial charge on any atom is -0.495 e. The van der Waals surface area contributed by atoms with Crippen LogP contribution >= 0.6 is 11.6 Å². The molecule has 1 amide bonds. The Kier molecular flexibility index (Phi) is 9.14. The van der Waals surface area contributed by atoms with E-state index in [1.807, 2.05) is 44.2 Å². The molecule has 0 saturated heterocycles. The number of rotatable bonds is 11. The van der Waals surface area contributed by atoms with E-state index < -0.39 is 10.0 Å². The summed E-state index contributed by atoms with van der Waals surface area (Å²) in [6.45, 7) is 3.86. The molecule has 0 aromatic heterocycles. The number of carbonyl (C=O) groups is 1. The van der Waals surface area contributed by atoms with Gasteiger partial charge in [-0.2, -0.15) is 4.31 Å². The van der Waals surface area contributed by atoms with Crippen LogP contribution in [0.1, 0.15) is 32.3 Å². The number of sulfonamides is 1. The zero-order valence-electron chi connectivity index (χ0n) is 17.6. The van der Waals surface area contributed by atoms with Gasteiger partial charge in [0.1, 0.15) is 5.75 Å². The molecule has 164 valence electrons. The molecule has 6 nitrogen and oxygen atoms in total. The molecule has 1 atom stereocenters. The molecule has 2 aromatic carbocycles. The Balaban J connectivity index is 2.26. The summed E-state index contributed by atoms with van der Waals surface area (Å²) < 4.78 is 32.9. The van der Waals surface area contributed by atoms with E-state index in [4.69, 9.17) is 16.3 Å². The van der Waals surface area contributed by atoms with Crippen LogP contribution in [-0.4, -0.2) is 44.9 Å². The van der Waals surface area contributed by atoms with E-state index in [0.717, 1.165) is 18.4 Å². The molecule has 2 aromatic rings. The van der Waals surface area contributed by atoms with E-state index in [0.29, 0.717) is 12.2 Å². The fraction of sp³-hybridized carbons (Fsp3) is 0.409. The molecule has 0 spiro atoms. The summed E-state index contributed by atoms with van der Waals surface area (Å²) in [7, 11) is -2.47. The third-order valence-electron chi connectivity index (χ3n) is 4.70. The van der Waals surface area contributed by atoms with Crippen LogP contribution in [0.5, 0.6) is 5.75 Å². The van der Waals surface area contributed by atoms with Gasteiger partial charge in [-0.15, -0.1) is 0 Å². The standard InChI is InChI=1S/C22H29ClN2O4S/c1-4-8-17(2)24-22(26)16-25(14-13-18-9-6-5-7-10-18)30(27,28)19-11-12-21(29-3)20(23)15-19/h5-7,9-12,15,17H,4,8,13-14,16H2,1-3H3,(H,24,26). The number of ether oxygens (including phenoxy) is 1. The molecule has 30 heavy (non-hydrogen) atoms. The minimum atomic E-state index is -3.93. The summed E-state index contributed by atoms with van der Waals surface area (Å²) in [6, 6.07) is 13.8. The molecule has 0 radical (unpaired) electrons. The van der Waals surface area contributed by atoms with Gasteiger partial charge in [-0.1, -0.05) is 55.3 Å². The van der Waals surface area contributed by atoms with Crippen molar-refractivity contribution in [1.29, 1.82) is 0 Å². The molecule has 0 saturated carbocycles. The lowest BCUT2D eigenvalue weighted by Gasteiger charge is -2.23. The van der Waals surface area contributed by atoms with Crippen LogP contribution in [0, 0.1) is 0 Å². The summed E-state index contributed by atoms with van der Waals surface area (Å²) in [4.78, 5) is 12.6. The highest BCUT2D eigenvalue weighted by Crippen LogP contribution is 2.28. The van der Waals surface area contributed by atoms with Crippen LogP contribution in [-0.2, 0) is 21.2 Å². The number of hydrogen-bond donors (Lipinski definition) is 1. The monoisotopic (exact) mass is 452 g/mol. The predicted molar refractivity (Wildman–Crippen MR) is 119 cm³/mol. The van der Waals surface area contributed by atoms with Crippen molar-refractivity contribution in [2.75, 3.05) is 20.2 Å². The second kappa shape index (κ2) is 11.3. The van der Waals surface area contributed by atoms with Crippen LogP contribution in [0.4, 0.5) is 0 Å². The second-order valence-electron chi connectivity index (χ2n) is 7.13. The maximum Gasteiger partial charge on any atom is 0.243 e. The molecule has 8 heteroatoms. The molecule has 0 aliphatic rings. The number of halogens is 1. The van der Waals surface area contributed by atoms with Crippen molar-refractivity contribution in [1.82, 2.24) is 9.62 Å². The summed E-state index contributed by atoms with van der Waals surface area (Å²) in [6.07, 6.45) is 2.25. The average molecular weight is 453 g/mol. The van der Waals surface area contributed by atoms with Crippen LogP contribution in [0.2, 0.25) is 5.02 Å². The smallest absolute Gasteiger partial charge is 0.243 e. The Bertz CT molecular complexity index is 935. The van der Waals surface area contributed by atoms with Gasteiger partial charge >= 0.3 is 0 Å². The van der Waals surface area contributed by atoms with Gasteiger partial charge in [0.15, 0.2) is 0 Å². The zero-order valence-corrected chi connectivity index (χ0v) is 19.2. The van der Waals surface area contributed by atoms with Gasteiger partial charge in [0.25, 0.3) is 0 Å². The fourth-order valence-electron chi connectivity index (χ4n) is 3.13. The van der Waals surface area contributed by atoms with Crippen molar-refractivity contribution in [3.63, 3.8) is 0 Å². The molecule has 1 N–H and O–H groups in total. The van der Waals surface area contributed by atoms with Crippen LogP contribution in [0.25, 0.3) is 0 Å². The van der Waals surface area contributed by atoms with Crippen molar-refractivity contribution >= 4 is 27.5 Å². The first-order chi connectivity index (χ1) is 14.3. The Labute approximate surface area is 184 Å². The molecule has 2 rings (SSSR count). The SMILES string of the molecule is CCCC(C)NC(=O)CN(CCc1ccccc1)S(=O)(=O)c1ccc(OC)c(Cl)c1. The molecule has 0 aliphatic carbocycles. The van der Waals surface area contributed by atoms with Crippen LogP contribution in [0.3, 0.4) is 0 Å². The molecule has 0 heterocycles. The van der Waals surface area contributed by atoms with Crippen molar-refractivity contribution < 1.29 is 17.9 Å². The largest absolute Gasteiger partial charge is 0.495 e. The maximum absolute atomic E-state index is 13.3. The quantitative estimate of drug-likeness (QED) is 0.561. The summed E-state index contributed by atoms with van der Waals surface area (Å²) >= 11 is 6.14. The Morgan fingerprint density at radius 1 is 1.20 bits per heavy atom. The Hall–Kier alpha value is -2.09. The lowest BCUT2D eigenvalue weighted by atomic mass is 10.1. The number of methoxy groups -OCH3 is 1. The van der Waals surface area contributed by atoms with E-state index >= 15 is 0 Å². The van der Waals surface area contributed by atoms with E-state index in [-0.39, 0.29) is 35.0 Å². The maximum atomic E-state index is 13.3. The number of amides is 1. The zero-order chi connectivity index (χ0) is 22.1. The molecule has 1 unspecified atom stereocenters. The Morgan fingerprint density at radius 3 is 2.50 bits per heavy atom. The summed E-state index contributed by atoms with van der Waals surface area (Å²) in [5.41, 5.74) is 0.991. The summed E-state index contributed by atoms with van der Waals surface area (Å²) in [5, 5.41) is 3.07. The Morgan fingerprint density at radius 2 is 1.90 bits per heavy atom. The topological polar surface area (TPSA) is 75.7 Å². The van der Waals surface area contributed by atoms with Crippen molar-refractivity contribution in [3.05, 3.63) is 59.1 Å². The van der Waals surface area contributed by atoms with E-state index in [1.54, 1.807) is 0 Å². The van der Waals surface area contributed by atoms with Gasteiger partial charge < -0.3 is 10.1 Å². The highest BCUT2D eigenvalue weighted by molar-refractivity contribution is 7.89. The predicted octanol–water partition coefficient (Wildman–Crippen LogP) is 3.89. The van der Waals surface area contributed by atoms with Crippen LogP contribution < -0.4 is 10.1 Å². The average Bonchev–Trinajstić information content (AvgIpc) is 2.71. The summed E-state index contributed by atoms with van der Waals surface area (Å²) in [5.74, 6) is 0.0600. The normalized spacial score (nSPS) is 12.6. The number of benzene rings is 2. The van der Waals surface area contributed by atoms with E-state index in [2.05, 4.69) is 5.32 Å². The second-order valence-corrected chi connectivity index (χ2v) is 9.47. The molecular formula is C22H29ClN2O4S. The van der Waals surface area contributed by atoms with Crippen molar-refractivity contribution in [2.45, 2.75) is 44.0 Å².